The summed E-state index contributed by atoms with van der Waals surface area (Å²) in [4.78, 5) is 16.0. The predicted octanol–water partition coefficient (Wildman–Crippen LogP) is -0.0312. The van der Waals surface area contributed by atoms with Crippen molar-refractivity contribution in [3.8, 4) is 5.82 Å². The zero-order valence-corrected chi connectivity index (χ0v) is 11.1. The van der Waals surface area contributed by atoms with Gasteiger partial charge in [0.1, 0.15) is 18.2 Å². The summed E-state index contributed by atoms with van der Waals surface area (Å²) in [6, 6.07) is 0. The number of carbonyl (C=O) groups is 1. The molecule has 0 radical (unpaired) electrons. The van der Waals surface area contributed by atoms with Crippen LogP contribution in [0.25, 0.3) is 5.82 Å². The molecule has 7 nitrogen and oxygen atoms in total. The minimum absolute atomic E-state index is 0.180. The van der Waals surface area contributed by atoms with E-state index in [1.165, 1.54) is 17.3 Å². The van der Waals surface area contributed by atoms with Crippen molar-refractivity contribution in [3.05, 3.63) is 23.9 Å². The lowest BCUT2D eigenvalue weighted by atomic mass is 10.2. The Hall–Kier alpha value is -1.83. The zero-order chi connectivity index (χ0) is 13.1. The number of rotatable bonds is 4. The molecular formula is C10H14N6OS. The van der Waals surface area contributed by atoms with Gasteiger partial charge in [-0.15, -0.1) is 0 Å². The van der Waals surface area contributed by atoms with Gasteiger partial charge in [-0.1, -0.05) is 0 Å². The number of aromatic nitrogens is 5. The van der Waals surface area contributed by atoms with Crippen molar-refractivity contribution in [1.29, 1.82) is 0 Å². The van der Waals surface area contributed by atoms with Gasteiger partial charge in [-0.2, -0.15) is 22.8 Å². The number of amides is 1. The fourth-order valence-corrected chi connectivity index (χ4v) is 1.86. The molecule has 0 unspecified atom stereocenters. The minimum Gasteiger partial charge on any atom is -0.351 e. The summed E-state index contributed by atoms with van der Waals surface area (Å²) in [6.07, 6.45) is 2.95. The van der Waals surface area contributed by atoms with Crippen LogP contribution in [-0.4, -0.2) is 42.7 Å². The number of hydrogen-bond acceptors (Lipinski definition) is 5. The summed E-state index contributed by atoms with van der Waals surface area (Å²) in [5.74, 6) is 1.01. The first-order valence-electron chi connectivity index (χ1n) is 5.42. The third kappa shape index (κ3) is 2.23. The number of nitrogens with one attached hydrogen (secondary N) is 1. The van der Waals surface area contributed by atoms with Crippen molar-refractivity contribution in [3.63, 3.8) is 0 Å². The molecule has 2 heterocycles. The van der Waals surface area contributed by atoms with Crippen LogP contribution in [0, 0.1) is 6.92 Å². The highest BCUT2D eigenvalue weighted by Crippen LogP contribution is 2.16. The summed E-state index contributed by atoms with van der Waals surface area (Å²) in [5, 5.41) is 11.1. The fraction of sp³-hybridized carbons (Fsp3) is 0.400. The van der Waals surface area contributed by atoms with Crippen LogP contribution in [0.2, 0.25) is 0 Å². The molecule has 2 aromatic heterocycles. The number of nitrogens with zero attached hydrogens (tertiary/aromatic N) is 5. The maximum atomic E-state index is 12.1. The Labute approximate surface area is 110 Å². The molecule has 0 aromatic carbocycles. The molecule has 1 amide bonds. The fourth-order valence-electron chi connectivity index (χ4n) is 1.75. The predicted molar refractivity (Wildman–Crippen MR) is 69.0 cm³/mol. The van der Waals surface area contributed by atoms with E-state index in [9.17, 15) is 4.79 Å². The maximum Gasteiger partial charge on any atom is 0.257 e. The molecule has 0 atom stereocenters. The van der Waals surface area contributed by atoms with Crippen molar-refractivity contribution in [1.82, 2.24) is 29.9 Å². The van der Waals surface area contributed by atoms with Crippen LogP contribution in [0.4, 0.5) is 0 Å². The molecule has 0 saturated carbocycles. The summed E-state index contributed by atoms with van der Waals surface area (Å²) < 4.78 is 3.13. The third-order valence-electron chi connectivity index (χ3n) is 2.45. The molecule has 18 heavy (non-hydrogen) atoms. The standard InChI is InChI=1S/C10H14N6OS/c1-7-8(9(17)12-3-4-18)10(15(2)14-7)16-6-11-5-13-16/h5-6,18H,3-4H2,1-2H3,(H,12,17). The van der Waals surface area contributed by atoms with E-state index in [-0.39, 0.29) is 5.91 Å². The number of hydrogen-bond donors (Lipinski definition) is 2. The molecule has 8 heteroatoms. The molecule has 2 rings (SSSR count). The Balaban J connectivity index is 2.43. The van der Waals surface area contributed by atoms with Crippen molar-refractivity contribution >= 4 is 18.5 Å². The van der Waals surface area contributed by atoms with Crippen LogP contribution in [0.3, 0.4) is 0 Å². The van der Waals surface area contributed by atoms with Gasteiger partial charge in [0.05, 0.1) is 5.69 Å². The third-order valence-corrected chi connectivity index (χ3v) is 2.68. The van der Waals surface area contributed by atoms with Gasteiger partial charge in [0.15, 0.2) is 5.82 Å². The lowest BCUT2D eigenvalue weighted by Crippen LogP contribution is -2.27. The Bertz CT molecular complexity index is 547. The molecule has 0 aliphatic carbocycles. The van der Waals surface area contributed by atoms with E-state index in [1.807, 2.05) is 0 Å². The van der Waals surface area contributed by atoms with Crippen molar-refractivity contribution in [2.75, 3.05) is 12.3 Å². The summed E-state index contributed by atoms with van der Waals surface area (Å²) in [6.45, 7) is 2.29. The van der Waals surface area contributed by atoms with Crippen LogP contribution in [0.1, 0.15) is 16.1 Å². The monoisotopic (exact) mass is 266 g/mol. The van der Waals surface area contributed by atoms with Gasteiger partial charge in [0, 0.05) is 19.3 Å². The Kier molecular flexibility index (Phi) is 3.66. The molecule has 0 saturated heterocycles. The van der Waals surface area contributed by atoms with Crippen LogP contribution in [0.5, 0.6) is 0 Å². The second kappa shape index (κ2) is 5.21. The molecule has 0 spiro atoms. The largest absolute Gasteiger partial charge is 0.351 e. The van der Waals surface area contributed by atoms with Gasteiger partial charge in [0.2, 0.25) is 0 Å². The lowest BCUT2D eigenvalue weighted by Gasteiger charge is -2.06. The first-order valence-corrected chi connectivity index (χ1v) is 6.06. The van der Waals surface area contributed by atoms with E-state index >= 15 is 0 Å². The summed E-state index contributed by atoms with van der Waals surface area (Å²) in [7, 11) is 1.76. The highest BCUT2D eigenvalue weighted by Gasteiger charge is 2.21. The van der Waals surface area contributed by atoms with Crippen molar-refractivity contribution < 1.29 is 4.79 Å². The topological polar surface area (TPSA) is 77.6 Å². The van der Waals surface area contributed by atoms with Crippen molar-refractivity contribution in [2.24, 2.45) is 7.05 Å². The van der Waals surface area contributed by atoms with E-state index in [4.69, 9.17) is 0 Å². The first kappa shape index (κ1) is 12.6. The molecule has 0 fully saturated rings. The van der Waals surface area contributed by atoms with Gasteiger partial charge >= 0.3 is 0 Å². The van der Waals surface area contributed by atoms with E-state index in [0.29, 0.717) is 29.4 Å². The second-order valence-electron chi connectivity index (χ2n) is 3.73. The normalized spacial score (nSPS) is 10.6. The van der Waals surface area contributed by atoms with Crippen LogP contribution in [0.15, 0.2) is 12.7 Å². The van der Waals surface area contributed by atoms with Gasteiger partial charge < -0.3 is 5.32 Å². The molecule has 0 bridgehead atoms. The van der Waals surface area contributed by atoms with Crippen LogP contribution < -0.4 is 5.32 Å². The van der Waals surface area contributed by atoms with E-state index in [2.05, 4.69) is 33.1 Å². The number of thiol groups is 1. The highest BCUT2D eigenvalue weighted by molar-refractivity contribution is 7.80. The van der Waals surface area contributed by atoms with E-state index in [1.54, 1.807) is 18.7 Å². The SMILES string of the molecule is Cc1nn(C)c(-n2cncn2)c1C(=O)NCCS. The Morgan fingerprint density at radius 1 is 1.56 bits per heavy atom. The summed E-state index contributed by atoms with van der Waals surface area (Å²) >= 11 is 4.06. The lowest BCUT2D eigenvalue weighted by molar-refractivity contribution is 0.0955. The van der Waals surface area contributed by atoms with Gasteiger partial charge in [-0.05, 0) is 6.92 Å². The molecule has 2 aromatic rings. The van der Waals surface area contributed by atoms with Gasteiger partial charge in [-0.3, -0.25) is 4.79 Å². The number of aryl methyl sites for hydroxylation is 2. The molecule has 0 aliphatic rings. The number of carbonyl (C=O) groups excluding carboxylic acids is 1. The minimum atomic E-state index is -0.180. The molecule has 0 aliphatic heterocycles. The Morgan fingerprint density at radius 2 is 2.33 bits per heavy atom. The van der Waals surface area contributed by atoms with E-state index in [0.717, 1.165) is 0 Å². The van der Waals surface area contributed by atoms with Gasteiger partial charge in [0.25, 0.3) is 5.91 Å². The van der Waals surface area contributed by atoms with Gasteiger partial charge in [-0.25, -0.2) is 14.3 Å². The quantitative estimate of drug-likeness (QED) is 0.762. The van der Waals surface area contributed by atoms with Crippen LogP contribution >= 0.6 is 12.6 Å². The molecule has 1 N–H and O–H groups in total. The first-order chi connectivity index (χ1) is 8.65. The molecule has 96 valence electrons. The summed E-state index contributed by atoms with van der Waals surface area (Å²) in [5.41, 5.74) is 1.16. The van der Waals surface area contributed by atoms with E-state index < -0.39 is 0 Å². The Morgan fingerprint density at radius 3 is 2.94 bits per heavy atom. The van der Waals surface area contributed by atoms with Crippen LogP contribution in [-0.2, 0) is 7.05 Å². The smallest absolute Gasteiger partial charge is 0.257 e. The maximum absolute atomic E-state index is 12.1. The van der Waals surface area contributed by atoms with Crippen molar-refractivity contribution in [2.45, 2.75) is 6.92 Å². The average molecular weight is 266 g/mol. The highest BCUT2D eigenvalue weighted by atomic mass is 32.1. The molecular weight excluding hydrogens is 252 g/mol. The second-order valence-corrected chi connectivity index (χ2v) is 4.17. The zero-order valence-electron chi connectivity index (χ0n) is 10.2. The average Bonchev–Trinajstić information content (AvgIpc) is 2.93.